The third-order valence-electron chi connectivity index (χ3n) is 5.55. The van der Waals surface area contributed by atoms with E-state index in [0.29, 0.717) is 6.54 Å². The molecule has 1 unspecified atom stereocenters. The van der Waals surface area contributed by atoms with Gasteiger partial charge in [0, 0.05) is 19.6 Å². The van der Waals surface area contributed by atoms with Gasteiger partial charge >= 0.3 is 0 Å². The van der Waals surface area contributed by atoms with Crippen molar-refractivity contribution in [1.82, 2.24) is 9.78 Å². The molecule has 33 heavy (non-hydrogen) atoms. The van der Waals surface area contributed by atoms with Gasteiger partial charge in [-0.05, 0) is 28.5 Å². The number of aromatic nitrogens is 2. The fourth-order valence-corrected chi connectivity index (χ4v) is 5.39. The largest absolute Gasteiger partial charge is 0.475 e. The van der Waals surface area contributed by atoms with E-state index in [9.17, 15) is 22.0 Å². The summed E-state index contributed by atoms with van der Waals surface area (Å²) in [6, 6.07) is 1.26. The lowest BCUT2D eigenvalue weighted by Gasteiger charge is -2.22. The molecule has 1 aromatic carbocycles. The summed E-state index contributed by atoms with van der Waals surface area (Å²) >= 11 is 5.88. The molecular formula is C22H27ClF2N2O5S. The molecule has 0 fully saturated rings. The molecule has 0 N–H and O–H groups in total. The number of Topliss-reactive ketones (excluding diaryl/α,β-unsaturated/α-hetero) is 1. The molecule has 1 aliphatic heterocycles. The topological polar surface area (TPSA) is 87.5 Å². The van der Waals surface area contributed by atoms with Gasteiger partial charge in [0.25, 0.3) is 0 Å². The maximum Gasteiger partial charge on any atom is 0.213 e. The number of benzene rings is 1. The summed E-state index contributed by atoms with van der Waals surface area (Å²) in [6.45, 7) is 7.36. The van der Waals surface area contributed by atoms with Gasteiger partial charge in [-0.3, -0.25) is 4.79 Å². The first-order valence-electron chi connectivity index (χ1n) is 10.5. The Bertz CT molecular complexity index is 1140. The van der Waals surface area contributed by atoms with E-state index >= 15 is 0 Å². The van der Waals surface area contributed by atoms with Crippen molar-refractivity contribution in [3.63, 3.8) is 0 Å². The zero-order chi connectivity index (χ0) is 24.7. The van der Waals surface area contributed by atoms with Crippen molar-refractivity contribution in [2.45, 2.75) is 63.6 Å². The van der Waals surface area contributed by atoms with Crippen LogP contribution in [-0.4, -0.2) is 49.6 Å². The summed E-state index contributed by atoms with van der Waals surface area (Å²) in [6.07, 6.45) is -0.714. The van der Waals surface area contributed by atoms with Crippen LogP contribution in [0, 0.1) is 11.6 Å². The van der Waals surface area contributed by atoms with E-state index in [1.54, 1.807) is 27.7 Å². The van der Waals surface area contributed by atoms with Crippen LogP contribution < -0.4 is 4.74 Å². The maximum absolute atomic E-state index is 14.8. The van der Waals surface area contributed by atoms with Crippen molar-refractivity contribution in [2.24, 2.45) is 0 Å². The van der Waals surface area contributed by atoms with Gasteiger partial charge in [-0.2, -0.15) is 5.10 Å². The second-order valence-electron chi connectivity index (χ2n) is 8.70. The van der Waals surface area contributed by atoms with Gasteiger partial charge in [0.2, 0.25) is 15.7 Å². The van der Waals surface area contributed by atoms with Crippen molar-refractivity contribution in [2.75, 3.05) is 19.5 Å². The van der Waals surface area contributed by atoms with Crippen LogP contribution in [0.25, 0.3) is 0 Å². The molecule has 0 aliphatic carbocycles. The highest BCUT2D eigenvalue weighted by Gasteiger charge is 2.31. The number of hydrogen-bond acceptors (Lipinski definition) is 6. The number of ketones is 1. The van der Waals surface area contributed by atoms with Gasteiger partial charge in [0.05, 0.1) is 6.54 Å². The van der Waals surface area contributed by atoms with E-state index < -0.39 is 56.3 Å². The minimum Gasteiger partial charge on any atom is -0.475 e. The van der Waals surface area contributed by atoms with Crippen LogP contribution in [-0.2, 0) is 32.3 Å². The molecule has 3 rings (SSSR count). The van der Waals surface area contributed by atoms with Crippen LogP contribution in [0.15, 0.2) is 11.1 Å². The summed E-state index contributed by atoms with van der Waals surface area (Å²) in [5, 5.41) is 3.12. The van der Waals surface area contributed by atoms with Crippen LogP contribution in [0.2, 0.25) is 5.02 Å². The molecule has 0 radical (unpaired) electrons. The molecule has 0 spiro atoms. The second kappa shape index (κ2) is 9.68. The molecule has 7 nitrogen and oxygen atoms in total. The van der Waals surface area contributed by atoms with Gasteiger partial charge in [0.1, 0.15) is 35.1 Å². The molecule has 0 bridgehead atoms. The summed E-state index contributed by atoms with van der Waals surface area (Å²) in [5.74, 6) is -3.95. The average Bonchev–Trinajstić information content (AvgIpc) is 3.15. The van der Waals surface area contributed by atoms with E-state index in [0.717, 1.165) is 0 Å². The van der Waals surface area contributed by atoms with E-state index in [1.807, 2.05) is 0 Å². The smallest absolute Gasteiger partial charge is 0.213 e. The molecular weight excluding hydrogens is 478 g/mol. The highest BCUT2D eigenvalue weighted by Crippen LogP contribution is 2.38. The number of ether oxygens (including phenoxy) is 2. The lowest BCUT2D eigenvalue weighted by molar-refractivity contribution is -0.116. The van der Waals surface area contributed by atoms with E-state index in [-0.39, 0.29) is 40.3 Å². The van der Waals surface area contributed by atoms with Gasteiger partial charge in [-0.25, -0.2) is 21.9 Å². The number of halogens is 3. The standard InChI is InChI=1S/C22H27ClF2N2O5S/c1-11(2)18-15(19(12(3)4)22(25)20(23)21(18)24)6-13(28)10-33(29,30)16-7-17-27(26-16)8-14(31-5)9-32-17/h7,11-12,14H,6,8-10H2,1-5H3. The molecule has 1 atom stereocenters. The first-order chi connectivity index (χ1) is 15.4. The van der Waals surface area contributed by atoms with Gasteiger partial charge < -0.3 is 9.47 Å². The zero-order valence-electron chi connectivity index (χ0n) is 19.1. The number of rotatable bonds is 8. The lowest BCUT2D eigenvalue weighted by atomic mass is 9.85. The number of fused-ring (bicyclic) bond motifs is 1. The molecule has 11 heteroatoms. The minimum atomic E-state index is -4.11. The maximum atomic E-state index is 14.8. The Hall–Kier alpha value is -2.04. The number of sulfone groups is 1. The quantitative estimate of drug-likeness (QED) is 0.504. The normalized spacial score (nSPS) is 16.2. The number of carbonyl (C=O) groups is 1. The Labute approximate surface area is 196 Å². The van der Waals surface area contributed by atoms with Gasteiger partial charge in [-0.1, -0.05) is 39.3 Å². The number of carbonyl (C=O) groups excluding carboxylic acids is 1. The molecule has 1 aliphatic rings. The fourth-order valence-electron chi connectivity index (χ4n) is 4.01. The van der Waals surface area contributed by atoms with E-state index in [2.05, 4.69) is 5.10 Å². The summed E-state index contributed by atoms with van der Waals surface area (Å²) < 4.78 is 67.4. The predicted octanol–water partition coefficient (Wildman–Crippen LogP) is 4.05. The van der Waals surface area contributed by atoms with Crippen molar-refractivity contribution in [1.29, 1.82) is 0 Å². The van der Waals surface area contributed by atoms with Crippen molar-refractivity contribution in [3.05, 3.63) is 39.4 Å². The second-order valence-corrected chi connectivity index (χ2v) is 11.0. The number of hydrogen-bond donors (Lipinski definition) is 0. The summed E-state index contributed by atoms with van der Waals surface area (Å²) in [4.78, 5) is 12.9. The van der Waals surface area contributed by atoms with Crippen LogP contribution in [0.4, 0.5) is 8.78 Å². The third kappa shape index (κ3) is 5.07. The van der Waals surface area contributed by atoms with Gasteiger partial charge in [-0.15, -0.1) is 0 Å². The first kappa shape index (κ1) is 25.6. The molecule has 182 valence electrons. The molecule has 0 saturated carbocycles. The van der Waals surface area contributed by atoms with Crippen molar-refractivity contribution in [3.8, 4) is 5.88 Å². The van der Waals surface area contributed by atoms with E-state index in [4.69, 9.17) is 21.1 Å². The number of methoxy groups -OCH3 is 1. The van der Waals surface area contributed by atoms with Crippen molar-refractivity contribution >= 4 is 27.2 Å². The Morgan fingerprint density at radius 1 is 1.24 bits per heavy atom. The van der Waals surface area contributed by atoms with Crippen LogP contribution in [0.5, 0.6) is 5.88 Å². The molecule has 2 heterocycles. The highest BCUT2D eigenvalue weighted by molar-refractivity contribution is 7.92. The molecule has 0 saturated heterocycles. The molecule has 1 aromatic heterocycles. The van der Waals surface area contributed by atoms with Crippen LogP contribution in [0.3, 0.4) is 0 Å². The SMILES string of the molecule is COC1COc2cc(S(=O)(=O)CC(=O)Cc3c(C(C)C)c(F)c(Cl)c(F)c3C(C)C)nn2C1. The average molecular weight is 505 g/mol. The molecule has 2 aromatic rings. The Morgan fingerprint density at radius 3 is 2.33 bits per heavy atom. The Balaban J connectivity index is 1.92. The highest BCUT2D eigenvalue weighted by atomic mass is 35.5. The summed E-state index contributed by atoms with van der Waals surface area (Å²) in [7, 11) is -2.60. The molecule has 0 amide bonds. The predicted molar refractivity (Wildman–Crippen MR) is 119 cm³/mol. The first-order valence-corrected chi connectivity index (χ1v) is 12.6. The Kier molecular flexibility index (Phi) is 7.50. The lowest BCUT2D eigenvalue weighted by Crippen LogP contribution is -2.31. The Morgan fingerprint density at radius 2 is 1.82 bits per heavy atom. The summed E-state index contributed by atoms with van der Waals surface area (Å²) in [5.41, 5.74) is 0.384. The van der Waals surface area contributed by atoms with Crippen LogP contribution in [0.1, 0.15) is 56.2 Å². The monoisotopic (exact) mass is 504 g/mol. The third-order valence-corrected chi connectivity index (χ3v) is 7.43. The van der Waals surface area contributed by atoms with Crippen molar-refractivity contribution < 1.29 is 31.5 Å². The van der Waals surface area contributed by atoms with Crippen LogP contribution >= 0.6 is 11.6 Å². The minimum absolute atomic E-state index is 0.118. The number of nitrogens with zero attached hydrogens (tertiary/aromatic N) is 2. The zero-order valence-corrected chi connectivity index (χ0v) is 20.7. The fraction of sp³-hybridized carbons (Fsp3) is 0.545. The van der Waals surface area contributed by atoms with Gasteiger partial charge in [0.15, 0.2) is 10.8 Å². The van der Waals surface area contributed by atoms with E-state index in [1.165, 1.54) is 17.9 Å².